The van der Waals surface area contributed by atoms with Crippen LogP contribution in [-0.4, -0.2) is 29.7 Å². The normalized spacial score (nSPS) is 24.6. The van der Waals surface area contributed by atoms with Crippen LogP contribution in [0.15, 0.2) is 47.2 Å². The summed E-state index contributed by atoms with van der Waals surface area (Å²) in [6.45, 7) is 3.25. The van der Waals surface area contributed by atoms with Gasteiger partial charge < -0.3 is 16.2 Å². The molecule has 7 heteroatoms. The molecule has 1 aromatic rings. The number of fused-ring (bicyclic) bond motifs is 1. The molecule has 0 bridgehead atoms. The lowest BCUT2D eigenvalue weighted by molar-refractivity contribution is -0.154. The maximum absolute atomic E-state index is 13.0. The standard InChI is InChI=1S/C19H17N3O4/c1-9(2)26-18(25)19(8-20)7-12(21)13-14(17(19)22)16(24)11-6-4-3-5-10(11)15(13)23/h3-7,9,17H,21-22H2,1-2H3. The fourth-order valence-electron chi connectivity index (χ4n) is 3.26. The lowest BCUT2D eigenvalue weighted by atomic mass is 9.67. The van der Waals surface area contributed by atoms with Crippen molar-refractivity contribution in [1.82, 2.24) is 0 Å². The number of nitrogens with zero attached hydrogens (tertiary/aromatic N) is 1. The molecule has 132 valence electrons. The Labute approximate surface area is 149 Å². The van der Waals surface area contributed by atoms with Gasteiger partial charge in [0.2, 0.25) is 0 Å². The largest absolute Gasteiger partial charge is 0.461 e. The van der Waals surface area contributed by atoms with Crippen LogP contribution in [0, 0.1) is 16.7 Å². The molecule has 0 aromatic heterocycles. The second-order valence-electron chi connectivity index (χ2n) is 6.50. The molecular weight excluding hydrogens is 334 g/mol. The van der Waals surface area contributed by atoms with Crippen LogP contribution < -0.4 is 11.5 Å². The van der Waals surface area contributed by atoms with Gasteiger partial charge in [-0.25, -0.2) is 4.79 Å². The summed E-state index contributed by atoms with van der Waals surface area (Å²) >= 11 is 0. The van der Waals surface area contributed by atoms with E-state index >= 15 is 0 Å². The molecule has 26 heavy (non-hydrogen) atoms. The van der Waals surface area contributed by atoms with Crippen LogP contribution in [0.2, 0.25) is 0 Å². The Morgan fingerprint density at radius 2 is 1.81 bits per heavy atom. The van der Waals surface area contributed by atoms with Crippen LogP contribution in [0.5, 0.6) is 0 Å². The monoisotopic (exact) mass is 351 g/mol. The first-order valence-electron chi connectivity index (χ1n) is 8.03. The first-order chi connectivity index (χ1) is 12.2. The third-order valence-corrected chi connectivity index (χ3v) is 4.50. The van der Waals surface area contributed by atoms with Gasteiger partial charge in [0.1, 0.15) is 0 Å². The molecule has 0 amide bonds. The molecule has 0 fully saturated rings. The van der Waals surface area contributed by atoms with Crippen molar-refractivity contribution < 1.29 is 19.1 Å². The quantitative estimate of drug-likeness (QED) is 0.759. The highest BCUT2D eigenvalue weighted by Crippen LogP contribution is 2.41. The fraction of sp³-hybridized carbons (Fsp3) is 0.263. The van der Waals surface area contributed by atoms with E-state index in [9.17, 15) is 19.6 Å². The number of carbonyl (C=O) groups is 3. The predicted octanol–water partition coefficient (Wildman–Crippen LogP) is 1.01. The Balaban J connectivity index is 2.20. The van der Waals surface area contributed by atoms with Crippen molar-refractivity contribution in [2.75, 3.05) is 0 Å². The molecule has 4 N–H and O–H groups in total. The number of nitriles is 1. The highest BCUT2D eigenvalue weighted by atomic mass is 16.5. The molecular formula is C19H17N3O4. The number of benzene rings is 1. The van der Waals surface area contributed by atoms with Crippen molar-refractivity contribution in [3.8, 4) is 6.07 Å². The molecule has 2 unspecified atom stereocenters. The molecule has 2 aliphatic rings. The molecule has 0 radical (unpaired) electrons. The van der Waals surface area contributed by atoms with Crippen molar-refractivity contribution in [3.63, 3.8) is 0 Å². The van der Waals surface area contributed by atoms with Crippen molar-refractivity contribution >= 4 is 17.5 Å². The van der Waals surface area contributed by atoms with Crippen molar-refractivity contribution in [3.05, 3.63) is 58.3 Å². The van der Waals surface area contributed by atoms with Gasteiger partial charge in [-0.3, -0.25) is 9.59 Å². The number of carbonyl (C=O) groups excluding carboxylic acids is 3. The summed E-state index contributed by atoms with van der Waals surface area (Å²) in [7, 11) is 0. The topological polar surface area (TPSA) is 136 Å². The Kier molecular flexibility index (Phi) is 4.01. The summed E-state index contributed by atoms with van der Waals surface area (Å²) in [6, 6.07) is 6.75. The minimum Gasteiger partial charge on any atom is -0.461 e. The molecule has 0 saturated carbocycles. The Bertz CT molecular complexity index is 952. The van der Waals surface area contributed by atoms with E-state index in [2.05, 4.69) is 0 Å². The number of allylic oxidation sites excluding steroid dienone is 1. The highest BCUT2D eigenvalue weighted by Gasteiger charge is 2.53. The summed E-state index contributed by atoms with van der Waals surface area (Å²) in [6.07, 6.45) is 0.634. The zero-order valence-corrected chi connectivity index (χ0v) is 14.3. The van der Waals surface area contributed by atoms with Gasteiger partial charge in [-0.15, -0.1) is 0 Å². The average Bonchev–Trinajstić information content (AvgIpc) is 2.60. The number of hydrogen-bond donors (Lipinski definition) is 2. The molecule has 0 saturated heterocycles. The molecule has 0 spiro atoms. The van der Waals surface area contributed by atoms with Gasteiger partial charge in [0.25, 0.3) is 0 Å². The number of hydrogen-bond acceptors (Lipinski definition) is 7. The van der Waals surface area contributed by atoms with Crippen molar-refractivity contribution in [1.29, 1.82) is 5.26 Å². The zero-order valence-electron chi connectivity index (χ0n) is 14.3. The minimum atomic E-state index is -1.98. The lowest BCUT2D eigenvalue weighted by Gasteiger charge is -2.36. The van der Waals surface area contributed by atoms with Gasteiger partial charge in [-0.2, -0.15) is 5.26 Å². The van der Waals surface area contributed by atoms with E-state index in [0.29, 0.717) is 0 Å². The third-order valence-electron chi connectivity index (χ3n) is 4.50. The Morgan fingerprint density at radius 3 is 2.35 bits per heavy atom. The predicted molar refractivity (Wildman–Crippen MR) is 91.6 cm³/mol. The van der Waals surface area contributed by atoms with E-state index in [-0.39, 0.29) is 28.0 Å². The summed E-state index contributed by atoms with van der Waals surface area (Å²) in [5, 5.41) is 9.70. The van der Waals surface area contributed by atoms with Crippen LogP contribution in [0.25, 0.3) is 0 Å². The second kappa shape index (κ2) is 5.93. The second-order valence-corrected chi connectivity index (χ2v) is 6.50. The Hall–Kier alpha value is -3.24. The van der Waals surface area contributed by atoms with Crippen LogP contribution in [-0.2, 0) is 9.53 Å². The molecule has 0 heterocycles. The lowest BCUT2D eigenvalue weighted by Crippen LogP contribution is -2.53. The van der Waals surface area contributed by atoms with E-state index in [1.807, 2.05) is 6.07 Å². The van der Waals surface area contributed by atoms with Crippen LogP contribution in [0.1, 0.15) is 34.6 Å². The fourth-order valence-corrected chi connectivity index (χ4v) is 3.26. The smallest absolute Gasteiger partial charge is 0.332 e. The first-order valence-corrected chi connectivity index (χ1v) is 8.03. The molecule has 2 aliphatic carbocycles. The number of ether oxygens (including phenoxy) is 1. The zero-order chi connectivity index (χ0) is 19.2. The average molecular weight is 351 g/mol. The first kappa shape index (κ1) is 17.6. The summed E-state index contributed by atoms with van der Waals surface area (Å²) < 4.78 is 5.15. The summed E-state index contributed by atoms with van der Waals surface area (Å²) in [5.41, 5.74) is 10.3. The number of rotatable bonds is 2. The molecule has 1 aromatic carbocycles. The maximum Gasteiger partial charge on any atom is 0.332 e. The number of ketones is 2. The van der Waals surface area contributed by atoms with Crippen LogP contribution in [0.3, 0.4) is 0 Å². The Morgan fingerprint density at radius 1 is 1.23 bits per heavy atom. The SMILES string of the molecule is CC(C)OC(=O)C1(C#N)C=C(N)C2=C(C(=O)c3ccccc3C2=O)C1N. The van der Waals surface area contributed by atoms with E-state index in [1.54, 1.807) is 26.0 Å². The minimum absolute atomic E-state index is 0.0515. The molecule has 3 rings (SSSR count). The van der Waals surface area contributed by atoms with Gasteiger partial charge in [-0.05, 0) is 19.9 Å². The molecule has 0 aliphatic heterocycles. The van der Waals surface area contributed by atoms with Crippen molar-refractivity contribution in [2.45, 2.75) is 26.0 Å². The van der Waals surface area contributed by atoms with E-state index in [1.165, 1.54) is 12.1 Å². The van der Waals surface area contributed by atoms with Gasteiger partial charge >= 0.3 is 5.97 Å². The van der Waals surface area contributed by atoms with Crippen LogP contribution in [0.4, 0.5) is 0 Å². The number of esters is 1. The molecule has 2 atom stereocenters. The van der Waals surface area contributed by atoms with E-state index < -0.39 is 35.1 Å². The highest BCUT2D eigenvalue weighted by molar-refractivity contribution is 6.29. The summed E-state index contributed by atoms with van der Waals surface area (Å²) in [4.78, 5) is 38.4. The van der Waals surface area contributed by atoms with Gasteiger partial charge in [0.15, 0.2) is 17.0 Å². The van der Waals surface area contributed by atoms with Gasteiger partial charge in [-0.1, -0.05) is 24.3 Å². The molecule has 7 nitrogen and oxygen atoms in total. The van der Waals surface area contributed by atoms with Crippen LogP contribution >= 0.6 is 0 Å². The van der Waals surface area contributed by atoms with E-state index in [0.717, 1.165) is 6.08 Å². The van der Waals surface area contributed by atoms with Crippen molar-refractivity contribution in [2.24, 2.45) is 16.9 Å². The van der Waals surface area contributed by atoms with Gasteiger partial charge in [0, 0.05) is 22.4 Å². The van der Waals surface area contributed by atoms with E-state index in [4.69, 9.17) is 16.2 Å². The number of nitrogens with two attached hydrogens (primary N) is 2. The maximum atomic E-state index is 13.0. The number of Topliss-reactive ketones (excluding diaryl/α,β-unsaturated/α-hetero) is 2. The van der Waals surface area contributed by atoms with Gasteiger partial charge in [0.05, 0.1) is 23.8 Å². The summed E-state index contributed by atoms with van der Waals surface area (Å²) in [5.74, 6) is -1.88. The third kappa shape index (κ3) is 2.27.